The quantitative estimate of drug-likeness (QED) is 0.557. The molecule has 0 fully saturated rings. The van der Waals surface area contributed by atoms with Crippen LogP contribution in [0.4, 0.5) is 0 Å². The van der Waals surface area contributed by atoms with Gasteiger partial charge in [-0.2, -0.15) is 0 Å². The van der Waals surface area contributed by atoms with Gasteiger partial charge in [-0.1, -0.05) is 6.92 Å². The maximum absolute atomic E-state index is 5.43. The molecule has 1 rings (SSSR count). The molecule has 1 radical (unpaired) electrons. The summed E-state index contributed by atoms with van der Waals surface area (Å²) < 4.78 is 0. The summed E-state index contributed by atoms with van der Waals surface area (Å²) >= 11 is 5.43. The fourth-order valence-electron chi connectivity index (χ4n) is 0.471. The molecule has 0 aliphatic carbocycles. The van der Waals surface area contributed by atoms with E-state index in [4.69, 9.17) is 11.6 Å². The minimum atomic E-state index is 0.292. The monoisotopic (exact) mass is 141 g/mol. The average molecular weight is 142 g/mol. The topological polar surface area (TPSA) is 25.8 Å². The largest absolute Gasteiger partial charge is 0.226 e. The van der Waals surface area contributed by atoms with Gasteiger partial charge in [0.05, 0.1) is 0 Å². The van der Waals surface area contributed by atoms with Gasteiger partial charge in [0.1, 0.15) is 0 Å². The van der Waals surface area contributed by atoms with E-state index >= 15 is 0 Å². The van der Waals surface area contributed by atoms with Gasteiger partial charge in [0, 0.05) is 12.4 Å². The average Bonchev–Trinajstić information content (AvgIpc) is 1.90. The predicted molar refractivity (Wildman–Crippen MR) is 36.1 cm³/mol. The Bertz CT molecular complexity index is 183. The van der Waals surface area contributed by atoms with Crippen molar-refractivity contribution in [1.29, 1.82) is 0 Å². The van der Waals surface area contributed by atoms with Gasteiger partial charge < -0.3 is 0 Å². The molecule has 0 amide bonds. The van der Waals surface area contributed by atoms with Crippen molar-refractivity contribution in [3.8, 4) is 0 Å². The summed E-state index contributed by atoms with van der Waals surface area (Å²) in [6.45, 7) is 1.92. The number of nitrogens with zero attached hydrogens (tertiary/aromatic N) is 2. The number of hydrogen-bond acceptors (Lipinski definition) is 2. The summed E-state index contributed by atoms with van der Waals surface area (Å²) in [4.78, 5) is 7.55. The van der Waals surface area contributed by atoms with E-state index in [1.165, 1.54) is 0 Å². The molecule has 0 saturated heterocycles. The Morgan fingerprint density at radius 2 is 2.00 bits per heavy atom. The first-order valence-electron chi connectivity index (χ1n) is 2.60. The van der Waals surface area contributed by atoms with Crippen molar-refractivity contribution < 1.29 is 0 Å². The van der Waals surface area contributed by atoms with E-state index in [1.54, 1.807) is 12.4 Å². The molecule has 1 aromatic rings. The van der Waals surface area contributed by atoms with E-state index in [0.29, 0.717) is 5.28 Å². The molecule has 0 aliphatic heterocycles. The predicted octanol–water partition coefficient (Wildman–Crippen LogP) is 1.70. The Hall–Kier alpha value is -0.630. The van der Waals surface area contributed by atoms with Gasteiger partial charge in [0.2, 0.25) is 5.28 Å². The Labute approximate surface area is 58.9 Å². The standard InChI is InChI=1S/C6H6ClN2/c1-2-5-3-8-6(7)9-4-5/h2-4H,1H3. The number of halogens is 1. The first-order chi connectivity index (χ1) is 4.33. The van der Waals surface area contributed by atoms with E-state index in [2.05, 4.69) is 9.97 Å². The van der Waals surface area contributed by atoms with Gasteiger partial charge in [-0.25, -0.2) is 9.97 Å². The summed E-state index contributed by atoms with van der Waals surface area (Å²) in [6, 6.07) is 0. The normalized spacial score (nSPS) is 9.56. The molecule has 3 heteroatoms. The number of rotatable bonds is 1. The lowest BCUT2D eigenvalue weighted by molar-refractivity contribution is 1.13. The molecular formula is C6H6ClN2. The van der Waals surface area contributed by atoms with Crippen molar-refractivity contribution in [1.82, 2.24) is 9.97 Å². The maximum atomic E-state index is 5.43. The third-order valence-electron chi connectivity index (χ3n) is 0.974. The Morgan fingerprint density at radius 3 is 2.44 bits per heavy atom. The SMILES string of the molecule is C[CH]c1cnc(Cl)nc1. The van der Waals surface area contributed by atoms with Gasteiger partial charge >= 0.3 is 0 Å². The summed E-state index contributed by atoms with van der Waals surface area (Å²) in [6.07, 6.45) is 5.26. The molecule has 47 valence electrons. The third kappa shape index (κ3) is 1.64. The van der Waals surface area contributed by atoms with Gasteiger partial charge in [0.15, 0.2) is 0 Å². The number of hydrogen-bond donors (Lipinski definition) is 0. The zero-order valence-electron chi connectivity index (χ0n) is 5.00. The van der Waals surface area contributed by atoms with Crippen molar-refractivity contribution in [2.24, 2.45) is 0 Å². The molecule has 2 nitrogen and oxygen atoms in total. The zero-order valence-corrected chi connectivity index (χ0v) is 5.76. The minimum Gasteiger partial charge on any atom is -0.226 e. The summed E-state index contributed by atoms with van der Waals surface area (Å²) in [5.41, 5.74) is 0.986. The maximum Gasteiger partial charge on any atom is 0.222 e. The van der Waals surface area contributed by atoms with Crippen molar-refractivity contribution in [2.45, 2.75) is 6.92 Å². The Balaban J connectivity index is 2.88. The molecule has 9 heavy (non-hydrogen) atoms. The van der Waals surface area contributed by atoms with Crippen LogP contribution in [0.25, 0.3) is 0 Å². The fraction of sp³-hybridized carbons (Fsp3) is 0.167. The lowest BCUT2D eigenvalue weighted by Crippen LogP contribution is -1.83. The van der Waals surface area contributed by atoms with Crippen LogP contribution in [0.5, 0.6) is 0 Å². The molecular weight excluding hydrogens is 136 g/mol. The first-order valence-corrected chi connectivity index (χ1v) is 2.97. The Kier molecular flexibility index (Phi) is 2.01. The summed E-state index contributed by atoms with van der Waals surface area (Å²) in [7, 11) is 0. The molecule has 0 bridgehead atoms. The molecule has 1 aromatic heterocycles. The van der Waals surface area contributed by atoms with E-state index in [-0.39, 0.29) is 0 Å². The van der Waals surface area contributed by atoms with Crippen LogP contribution in [-0.4, -0.2) is 9.97 Å². The first kappa shape index (κ1) is 6.49. The van der Waals surface area contributed by atoms with Crippen LogP contribution in [0.15, 0.2) is 12.4 Å². The highest BCUT2D eigenvalue weighted by Crippen LogP contribution is 2.01. The van der Waals surface area contributed by atoms with Gasteiger partial charge in [-0.3, -0.25) is 0 Å². The van der Waals surface area contributed by atoms with Crippen molar-refractivity contribution >= 4 is 11.6 Å². The highest BCUT2D eigenvalue weighted by Gasteiger charge is 1.89. The van der Waals surface area contributed by atoms with Crippen LogP contribution in [0, 0.1) is 6.42 Å². The Morgan fingerprint density at radius 1 is 1.44 bits per heavy atom. The summed E-state index contributed by atoms with van der Waals surface area (Å²) in [5.74, 6) is 0. The van der Waals surface area contributed by atoms with E-state index in [1.807, 2.05) is 13.3 Å². The van der Waals surface area contributed by atoms with Crippen LogP contribution in [-0.2, 0) is 0 Å². The van der Waals surface area contributed by atoms with Gasteiger partial charge in [-0.15, -0.1) is 0 Å². The van der Waals surface area contributed by atoms with Crippen molar-refractivity contribution in [3.05, 3.63) is 29.7 Å². The molecule has 0 aromatic carbocycles. The number of aromatic nitrogens is 2. The molecule has 0 spiro atoms. The highest BCUT2D eigenvalue weighted by molar-refractivity contribution is 6.28. The second-order valence-corrected chi connectivity index (χ2v) is 1.91. The van der Waals surface area contributed by atoms with Crippen molar-refractivity contribution in [3.63, 3.8) is 0 Å². The summed E-state index contributed by atoms with van der Waals surface area (Å²) in [5, 5.41) is 0.292. The molecule has 0 unspecified atom stereocenters. The van der Waals surface area contributed by atoms with Gasteiger partial charge in [0.25, 0.3) is 0 Å². The molecule has 0 saturated carbocycles. The zero-order chi connectivity index (χ0) is 6.69. The lowest BCUT2D eigenvalue weighted by atomic mass is 10.3. The van der Waals surface area contributed by atoms with E-state index in [9.17, 15) is 0 Å². The van der Waals surface area contributed by atoms with Crippen LogP contribution in [0.1, 0.15) is 12.5 Å². The second-order valence-electron chi connectivity index (χ2n) is 1.57. The van der Waals surface area contributed by atoms with E-state index in [0.717, 1.165) is 5.56 Å². The fourth-order valence-corrected chi connectivity index (χ4v) is 0.569. The van der Waals surface area contributed by atoms with E-state index < -0.39 is 0 Å². The second kappa shape index (κ2) is 2.78. The van der Waals surface area contributed by atoms with Gasteiger partial charge in [-0.05, 0) is 23.6 Å². The van der Waals surface area contributed by atoms with Crippen LogP contribution in [0.2, 0.25) is 5.28 Å². The molecule has 0 atom stereocenters. The van der Waals surface area contributed by atoms with Crippen molar-refractivity contribution in [2.75, 3.05) is 0 Å². The smallest absolute Gasteiger partial charge is 0.222 e. The molecule has 0 aliphatic rings. The molecule has 0 N–H and O–H groups in total. The third-order valence-corrected chi connectivity index (χ3v) is 1.17. The van der Waals surface area contributed by atoms with Crippen LogP contribution < -0.4 is 0 Å². The molecule has 1 heterocycles. The highest BCUT2D eigenvalue weighted by atomic mass is 35.5. The van der Waals surface area contributed by atoms with Crippen LogP contribution in [0.3, 0.4) is 0 Å². The lowest BCUT2D eigenvalue weighted by Gasteiger charge is -1.90. The minimum absolute atomic E-state index is 0.292. The van der Waals surface area contributed by atoms with Crippen LogP contribution >= 0.6 is 11.6 Å².